The third kappa shape index (κ3) is 2.79. The number of anilines is 1. The molecular weight excluding hydrogens is 238 g/mol. The van der Waals surface area contributed by atoms with E-state index in [0.717, 1.165) is 4.88 Å². The van der Waals surface area contributed by atoms with Crippen molar-refractivity contribution in [3.63, 3.8) is 0 Å². The van der Waals surface area contributed by atoms with Crippen LogP contribution in [0.2, 0.25) is 0 Å². The molecule has 88 valence electrons. The minimum Gasteiger partial charge on any atom is -0.375 e. The first-order chi connectivity index (χ1) is 8.16. The highest BCUT2D eigenvalue weighted by atomic mass is 32.1. The summed E-state index contributed by atoms with van der Waals surface area (Å²) in [5.74, 6) is 0. The standard InChI is InChI=1S/C11H11N3O2S/c1-8-2-3-9(17-8)6-13-10-4-5-12-7-11(10)14(15)16/h2-5,7H,6H2,1H3,(H,12,13). The molecule has 0 aliphatic heterocycles. The zero-order valence-electron chi connectivity index (χ0n) is 9.21. The molecule has 1 N–H and O–H groups in total. The second-order valence-electron chi connectivity index (χ2n) is 3.52. The van der Waals surface area contributed by atoms with Gasteiger partial charge in [0.1, 0.15) is 11.9 Å². The van der Waals surface area contributed by atoms with Crippen LogP contribution in [-0.2, 0) is 6.54 Å². The number of nitrogens with zero attached hydrogens (tertiary/aromatic N) is 2. The number of rotatable bonds is 4. The molecule has 0 bridgehead atoms. The summed E-state index contributed by atoms with van der Waals surface area (Å²) in [4.78, 5) is 16.5. The van der Waals surface area contributed by atoms with E-state index in [1.807, 2.05) is 19.1 Å². The molecule has 6 heteroatoms. The smallest absolute Gasteiger partial charge is 0.310 e. The molecule has 2 aromatic rings. The molecule has 2 rings (SSSR count). The largest absolute Gasteiger partial charge is 0.375 e. The Labute approximate surface area is 102 Å². The first-order valence-corrected chi connectivity index (χ1v) is 5.86. The Hall–Kier alpha value is -1.95. The predicted molar refractivity (Wildman–Crippen MR) is 67.3 cm³/mol. The van der Waals surface area contributed by atoms with Crippen molar-refractivity contribution in [1.82, 2.24) is 4.98 Å². The summed E-state index contributed by atoms with van der Waals surface area (Å²) in [6.45, 7) is 2.62. The third-order valence-electron chi connectivity index (χ3n) is 2.25. The number of thiophene rings is 1. The number of nitro groups is 1. The van der Waals surface area contributed by atoms with E-state index in [-0.39, 0.29) is 5.69 Å². The van der Waals surface area contributed by atoms with Crippen LogP contribution in [-0.4, -0.2) is 9.91 Å². The Kier molecular flexibility index (Phi) is 3.34. The van der Waals surface area contributed by atoms with Crippen LogP contribution in [0, 0.1) is 17.0 Å². The van der Waals surface area contributed by atoms with Crippen LogP contribution in [0.5, 0.6) is 0 Å². The summed E-state index contributed by atoms with van der Waals surface area (Å²) in [5, 5.41) is 13.8. The normalized spacial score (nSPS) is 10.2. The first-order valence-electron chi connectivity index (χ1n) is 5.04. The lowest BCUT2D eigenvalue weighted by molar-refractivity contribution is -0.384. The van der Waals surface area contributed by atoms with Crippen molar-refractivity contribution in [3.05, 3.63) is 50.5 Å². The molecule has 2 heterocycles. The minimum absolute atomic E-state index is 0.000720. The highest BCUT2D eigenvalue weighted by Gasteiger charge is 2.12. The number of hydrogen-bond acceptors (Lipinski definition) is 5. The fourth-order valence-electron chi connectivity index (χ4n) is 1.44. The SMILES string of the molecule is Cc1ccc(CNc2ccncc2[N+](=O)[O-])s1. The van der Waals surface area contributed by atoms with Gasteiger partial charge in [-0.25, -0.2) is 0 Å². The molecule has 0 aromatic carbocycles. The van der Waals surface area contributed by atoms with Gasteiger partial charge in [0.15, 0.2) is 0 Å². The highest BCUT2D eigenvalue weighted by Crippen LogP contribution is 2.23. The van der Waals surface area contributed by atoms with Gasteiger partial charge in [-0.15, -0.1) is 11.3 Å². The van der Waals surface area contributed by atoms with Crippen LogP contribution in [0.25, 0.3) is 0 Å². The molecule has 0 fully saturated rings. The van der Waals surface area contributed by atoms with Gasteiger partial charge in [0, 0.05) is 22.5 Å². The molecule has 0 spiro atoms. The van der Waals surface area contributed by atoms with Crippen LogP contribution in [0.1, 0.15) is 9.75 Å². The lowest BCUT2D eigenvalue weighted by Gasteiger charge is -2.04. The van der Waals surface area contributed by atoms with E-state index in [4.69, 9.17) is 0 Å². The predicted octanol–water partition coefficient (Wildman–Crippen LogP) is 2.97. The molecule has 0 aliphatic carbocycles. The van der Waals surface area contributed by atoms with Crippen molar-refractivity contribution in [2.45, 2.75) is 13.5 Å². The molecule has 0 saturated heterocycles. The minimum atomic E-state index is -0.436. The highest BCUT2D eigenvalue weighted by molar-refractivity contribution is 7.11. The molecule has 5 nitrogen and oxygen atoms in total. The summed E-state index contributed by atoms with van der Waals surface area (Å²) in [6.07, 6.45) is 2.79. The summed E-state index contributed by atoms with van der Waals surface area (Å²) >= 11 is 1.67. The maximum absolute atomic E-state index is 10.8. The molecule has 0 saturated carbocycles. The first kappa shape index (κ1) is 11.5. The maximum Gasteiger partial charge on any atom is 0.310 e. The van der Waals surface area contributed by atoms with Crippen LogP contribution in [0.4, 0.5) is 11.4 Å². The van der Waals surface area contributed by atoms with E-state index in [0.29, 0.717) is 12.2 Å². The number of aryl methyl sites for hydroxylation is 1. The maximum atomic E-state index is 10.8. The summed E-state index contributed by atoms with van der Waals surface area (Å²) in [7, 11) is 0. The van der Waals surface area contributed by atoms with E-state index in [1.54, 1.807) is 17.4 Å². The average Bonchev–Trinajstić information content (AvgIpc) is 2.73. The number of aromatic nitrogens is 1. The molecule has 0 atom stereocenters. The van der Waals surface area contributed by atoms with Gasteiger partial charge in [-0.05, 0) is 25.1 Å². The lowest BCUT2D eigenvalue weighted by atomic mass is 10.3. The van der Waals surface area contributed by atoms with Gasteiger partial charge >= 0.3 is 5.69 Å². The van der Waals surface area contributed by atoms with E-state index in [1.165, 1.54) is 17.3 Å². The van der Waals surface area contributed by atoms with Crippen molar-refractivity contribution in [2.75, 3.05) is 5.32 Å². The summed E-state index contributed by atoms with van der Waals surface area (Å²) < 4.78 is 0. The zero-order valence-corrected chi connectivity index (χ0v) is 10.0. The number of nitrogens with one attached hydrogen (secondary N) is 1. The van der Waals surface area contributed by atoms with Gasteiger partial charge in [0.05, 0.1) is 4.92 Å². The van der Waals surface area contributed by atoms with Gasteiger partial charge in [-0.2, -0.15) is 0 Å². The Morgan fingerprint density at radius 2 is 2.29 bits per heavy atom. The Balaban J connectivity index is 2.11. The van der Waals surface area contributed by atoms with Crippen LogP contribution >= 0.6 is 11.3 Å². The molecule has 0 amide bonds. The second-order valence-corrected chi connectivity index (χ2v) is 4.89. The summed E-state index contributed by atoms with van der Waals surface area (Å²) in [6, 6.07) is 5.65. The van der Waals surface area contributed by atoms with Crippen molar-refractivity contribution >= 4 is 22.7 Å². The fraction of sp³-hybridized carbons (Fsp3) is 0.182. The Morgan fingerprint density at radius 1 is 1.47 bits per heavy atom. The Morgan fingerprint density at radius 3 is 2.94 bits per heavy atom. The quantitative estimate of drug-likeness (QED) is 0.668. The van der Waals surface area contributed by atoms with Crippen molar-refractivity contribution in [3.8, 4) is 0 Å². The number of hydrogen-bond donors (Lipinski definition) is 1. The molecular formula is C11H11N3O2S. The molecule has 2 aromatic heterocycles. The molecule has 0 unspecified atom stereocenters. The van der Waals surface area contributed by atoms with Gasteiger partial charge in [-0.3, -0.25) is 15.1 Å². The summed E-state index contributed by atoms with van der Waals surface area (Å²) in [5.41, 5.74) is 0.497. The second kappa shape index (κ2) is 4.92. The van der Waals surface area contributed by atoms with Crippen LogP contribution in [0.15, 0.2) is 30.6 Å². The molecule has 17 heavy (non-hydrogen) atoms. The van der Waals surface area contributed by atoms with Crippen molar-refractivity contribution in [1.29, 1.82) is 0 Å². The lowest BCUT2D eigenvalue weighted by Crippen LogP contribution is -2.01. The molecule has 0 aliphatic rings. The van der Waals surface area contributed by atoms with Crippen molar-refractivity contribution in [2.24, 2.45) is 0 Å². The third-order valence-corrected chi connectivity index (χ3v) is 3.25. The van der Waals surface area contributed by atoms with Crippen LogP contribution < -0.4 is 5.32 Å². The van der Waals surface area contributed by atoms with Gasteiger partial charge in [0.2, 0.25) is 0 Å². The fourth-order valence-corrected chi connectivity index (χ4v) is 2.27. The van der Waals surface area contributed by atoms with Crippen molar-refractivity contribution < 1.29 is 4.92 Å². The monoisotopic (exact) mass is 249 g/mol. The van der Waals surface area contributed by atoms with Gasteiger partial charge < -0.3 is 5.32 Å². The van der Waals surface area contributed by atoms with E-state index >= 15 is 0 Å². The zero-order chi connectivity index (χ0) is 12.3. The van der Waals surface area contributed by atoms with Crippen LogP contribution in [0.3, 0.4) is 0 Å². The van der Waals surface area contributed by atoms with Gasteiger partial charge in [-0.1, -0.05) is 0 Å². The number of pyridine rings is 1. The Bertz CT molecular complexity index is 539. The van der Waals surface area contributed by atoms with E-state index < -0.39 is 4.92 Å². The molecule has 0 radical (unpaired) electrons. The van der Waals surface area contributed by atoms with E-state index in [9.17, 15) is 10.1 Å². The average molecular weight is 249 g/mol. The van der Waals surface area contributed by atoms with Gasteiger partial charge in [0.25, 0.3) is 0 Å². The van der Waals surface area contributed by atoms with E-state index in [2.05, 4.69) is 10.3 Å². The topological polar surface area (TPSA) is 68.1 Å².